The van der Waals surface area contributed by atoms with Gasteiger partial charge in [-0.3, -0.25) is 4.79 Å². The minimum absolute atomic E-state index is 0. The number of carbonyl (C=O) groups excluding carboxylic acids is 1. The highest BCUT2D eigenvalue weighted by atomic mass is 35.5. The standard InChI is InChI=1S/C12H16N2OS.ClH/c15-11(10-1-6-16-7-10)14-5-3-12(9-14)2-4-13-8-12;/h1,6-7,13H,2-5,8-9H2;1H. The van der Waals surface area contributed by atoms with Crippen LogP contribution in [0.2, 0.25) is 0 Å². The minimum atomic E-state index is 0. The number of likely N-dealkylation sites (tertiary alicyclic amines) is 1. The molecule has 1 atom stereocenters. The molecule has 17 heavy (non-hydrogen) atoms. The fraction of sp³-hybridized carbons (Fsp3) is 0.583. The summed E-state index contributed by atoms with van der Waals surface area (Å²) in [5.41, 5.74) is 1.24. The summed E-state index contributed by atoms with van der Waals surface area (Å²) in [6.45, 7) is 4.06. The van der Waals surface area contributed by atoms with Crippen molar-refractivity contribution >= 4 is 29.7 Å². The van der Waals surface area contributed by atoms with Crippen molar-refractivity contribution in [2.24, 2.45) is 5.41 Å². The fourth-order valence-electron chi connectivity index (χ4n) is 2.82. The van der Waals surface area contributed by atoms with Gasteiger partial charge >= 0.3 is 0 Å². The zero-order chi connectivity index (χ0) is 11.0. The monoisotopic (exact) mass is 272 g/mol. The molecule has 1 N–H and O–H groups in total. The maximum absolute atomic E-state index is 12.2. The van der Waals surface area contributed by atoms with Gasteiger partial charge in [-0.05, 0) is 30.8 Å². The van der Waals surface area contributed by atoms with Crippen LogP contribution in [0.5, 0.6) is 0 Å². The highest BCUT2D eigenvalue weighted by Gasteiger charge is 2.41. The number of hydrogen-bond acceptors (Lipinski definition) is 3. The quantitative estimate of drug-likeness (QED) is 0.848. The number of carbonyl (C=O) groups is 1. The third-order valence-electron chi connectivity index (χ3n) is 3.83. The smallest absolute Gasteiger partial charge is 0.254 e. The topological polar surface area (TPSA) is 32.3 Å². The lowest BCUT2D eigenvalue weighted by Gasteiger charge is -2.22. The van der Waals surface area contributed by atoms with Crippen LogP contribution in [0.3, 0.4) is 0 Å². The molecule has 5 heteroatoms. The second kappa shape index (κ2) is 4.96. The van der Waals surface area contributed by atoms with Crippen LogP contribution < -0.4 is 5.32 Å². The predicted octanol–water partition coefficient (Wildman–Crippen LogP) is 2.00. The molecule has 2 aliphatic rings. The van der Waals surface area contributed by atoms with Crippen molar-refractivity contribution in [1.29, 1.82) is 0 Å². The summed E-state index contributed by atoms with van der Waals surface area (Å²) in [6, 6.07) is 1.92. The van der Waals surface area contributed by atoms with E-state index in [4.69, 9.17) is 0 Å². The lowest BCUT2D eigenvalue weighted by Crippen LogP contribution is -2.33. The van der Waals surface area contributed by atoms with E-state index in [0.29, 0.717) is 5.41 Å². The average Bonchev–Trinajstić information content (AvgIpc) is 3.01. The van der Waals surface area contributed by atoms with Crippen molar-refractivity contribution in [3.05, 3.63) is 22.4 Å². The van der Waals surface area contributed by atoms with Gasteiger partial charge in [0.15, 0.2) is 0 Å². The molecule has 2 fully saturated rings. The summed E-state index contributed by atoms with van der Waals surface area (Å²) in [5, 5.41) is 7.33. The van der Waals surface area contributed by atoms with Crippen molar-refractivity contribution < 1.29 is 4.79 Å². The Balaban J connectivity index is 0.00000108. The van der Waals surface area contributed by atoms with Crippen molar-refractivity contribution in [2.75, 3.05) is 26.2 Å². The number of amides is 1. The summed E-state index contributed by atoms with van der Waals surface area (Å²) >= 11 is 1.59. The minimum Gasteiger partial charge on any atom is -0.338 e. The highest BCUT2D eigenvalue weighted by molar-refractivity contribution is 7.08. The molecule has 1 aromatic heterocycles. The van der Waals surface area contributed by atoms with Crippen LogP contribution in [0.25, 0.3) is 0 Å². The molecule has 0 aromatic carbocycles. The van der Waals surface area contributed by atoms with Crippen LogP contribution in [0.15, 0.2) is 16.8 Å². The summed E-state index contributed by atoms with van der Waals surface area (Å²) in [4.78, 5) is 14.2. The Kier molecular flexibility index (Phi) is 3.76. The Hall–Kier alpha value is -0.580. The highest BCUT2D eigenvalue weighted by Crippen LogP contribution is 2.36. The maximum atomic E-state index is 12.2. The number of hydrogen-bond donors (Lipinski definition) is 1. The Morgan fingerprint density at radius 1 is 1.47 bits per heavy atom. The lowest BCUT2D eigenvalue weighted by molar-refractivity contribution is 0.0776. The molecular weight excluding hydrogens is 256 g/mol. The van der Waals surface area contributed by atoms with E-state index in [0.717, 1.165) is 38.2 Å². The van der Waals surface area contributed by atoms with Gasteiger partial charge in [-0.25, -0.2) is 0 Å². The Labute approximate surface area is 112 Å². The molecule has 1 spiro atoms. The first-order chi connectivity index (χ1) is 7.79. The molecule has 0 radical (unpaired) electrons. The van der Waals surface area contributed by atoms with E-state index >= 15 is 0 Å². The van der Waals surface area contributed by atoms with Crippen LogP contribution in [0.1, 0.15) is 23.2 Å². The Morgan fingerprint density at radius 2 is 2.35 bits per heavy atom. The van der Waals surface area contributed by atoms with Gasteiger partial charge in [0.05, 0.1) is 5.56 Å². The van der Waals surface area contributed by atoms with Crippen LogP contribution in [0, 0.1) is 5.41 Å². The van der Waals surface area contributed by atoms with Crippen molar-refractivity contribution in [3.8, 4) is 0 Å². The van der Waals surface area contributed by atoms with Crippen LogP contribution in [-0.2, 0) is 0 Å². The summed E-state index contributed by atoms with van der Waals surface area (Å²) in [5.74, 6) is 0.213. The lowest BCUT2D eigenvalue weighted by atomic mass is 9.86. The first-order valence-corrected chi connectivity index (χ1v) is 6.76. The van der Waals surface area contributed by atoms with Crippen molar-refractivity contribution in [1.82, 2.24) is 10.2 Å². The molecule has 1 aromatic rings. The van der Waals surface area contributed by atoms with Crippen molar-refractivity contribution in [3.63, 3.8) is 0 Å². The molecule has 0 aliphatic carbocycles. The van der Waals surface area contributed by atoms with E-state index in [1.54, 1.807) is 11.3 Å². The molecule has 0 bridgehead atoms. The summed E-state index contributed by atoms with van der Waals surface area (Å²) in [6.07, 6.45) is 2.39. The number of thiophene rings is 1. The Bertz CT molecular complexity index is 387. The maximum Gasteiger partial charge on any atom is 0.254 e. The number of rotatable bonds is 1. The number of nitrogens with zero attached hydrogens (tertiary/aromatic N) is 1. The predicted molar refractivity (Wildman–Crippen MR) is 72.0 cm³/mol. The average molecular weight is 273 g/mol. The molecule has 3 rings (SSSR count). The molecule has 2 saturated heterocycles. The van der Waals surface area contributed by atoms with E-state index in [9.17, 15) is 4.79 Å². The molecule has 0 saturated carbocycles. The fourth-order valence-corrected chi connectivity index (χ4v) is 3.45. The van der Waals surface area contributed by atoms with E-state index in [-0.39, 0.29) is 18.3 Å². The van der Waals surface area contributed by atoms with Gasteiger partial charge in [0, 0.05) is 30.4 Å². The second-order valence-electron chi connectivity index (χ2n) is 4.92. The van der Waals surface area contributed by atoms with Crippen LogP contribution in [0.4, 0.5) is 0 Å². The zero-order valence-corrected chi connectivity index (χ0v) is 11.3. The van der Waals surface area contributed by atoms with Gasteiger partial charge in [-0.15, -0.1) is 12.4 Å². The summed E-state index contributed by atoms with van der Waals surface area (Å²) < 4.78 is 0. The first-order valence-electron chi connectivity index (χ1n) is 5.81. The SMILES string of the molecule is Cl.O=C(c1ccsc1)N1CCC2(CCNC2)C1. The molecule has 1 amide bonds. The van der Waals surface area contributed by atoms with E-state index in [1.807, 2.05) is 21.7 Å². The van der Waals surface area contributed by atoms with E-state index < -0.39 is 0 Å². The molecular formula is C12H17ClN2OS. The summed E-state index contributed by atoms with van der Waals surface area (Å²) in [7, 11) is 0. The van der Waals surface area contributed by atoms with Gasteiger partial charge < -0.3 is 10.2 Å². The third-order valence-corrected chi connectivity index (χ3v) is 4.51. The second-order valence-corrected chi connectivity index (χ2v) is 5.70. The molecule has 2 aliphatic heterocycles. The molecule has 3 nitrogen and oxygen atoms in total. The van der Waals surface area contributed by atoms with E-state index in [1.165, 1.54) is 6.42 Å². The Morgan fingerprint density at radius 3 is 3.00 bits per heavy atom. The first kappa shape index (κ1) is 12.9. The molecule has 3 heterocycles. The van der Waals surface area contributed by atoms with Crippen molar-refractivity contribution in [2.45, 2.75) is 12.8 Å². The van der Waals surface area contributed by atoms with Gasteiger partial charge in [0.1, 0.15) is 0 Å². The molecule has 94 valence electrons. The van der Waals surface area contributed by atoms with Crippen LogP contribution >= 0.6 is 23.7 Å². The van der Waals surface area contributed by atoms with Gasteiger partial charge in [-0.2, -0.15) is 11.3 Å². The zero-order valence-electron chi connectivity index (χ0n) is 9.65. The van der Waals surface area contributed by atoms with Gasteiger partial charge in [0.2, 0.25) is 0 Å². The van der Waals surface area contributed by atoms with Crippen LogP contribution in [-0.4, -0.2) is 37.0 Å². The normalized spacial score (nSPS) is 27.4. The third kappa shape index (κ3) is 2.34. The molecule has 1 unspecified atom stereocenters. The van der Waals surface area contributed by atoms with Gasteiger partial charge in [-0.1, -0.05) is 0 Å². The van der Waals surface area contributed by atoms with Gasteiger partial charge in [0.25, 0.3) is 5.91 Å². The number of halogens is 1. The van der Waals surface area contributed by atoms with E-state index in [2.05, 4.69) is 5.32 Å². The largest absolute Gasteiger partial charge is 0.338 e. The number of nitrogens with one attached hydrogen (secondary N) is 1.